The number of pyridine rings is 1. The van der Waals surface area contributed by atoms with Gasteiger partial charge in [-0.1, -0.05) is 12.1 Å². The lowest BCUT2D eigenvalue weighted by atomic mass is 9.75. The molecule has 1 aromatic heterocycles. The number of nitrogens with zero attached hydrogens (tertiary/aromatic N) is 3. The molecule has 0 bridgehead atoms. The van der Waals surface area contributed by atoms with E-state index in [4.69, 9.17) is 0 Å². The standard InChI is InChI=1S/C23H28N4O4S/c1-24-22(29)23(20-10-2-3-12-25-20)11-7-13-26(17-23)21(28)18-8-6-9-19(16-18)27-14-4-5-15-32(27,30)31/h2-3,6,8-10,12,16H,4-5,7,11,13-15,17H2,1H3,(H,24,29)/t23-/m1/s1. The highest BCUT2D eigenvalue weighted by molar-refractivity contribution is 7.92. The predicted octanol–water partition coefficient (Wildman–Crippen LogP) is 1.93. The highest BCUT2D eigenvalue weighted by Gasteiger charge is 2.45. The van der Waals surface area contributed by atoms with Crippen LogP contribution in [0.4, 0.5) is 5.69 Å². The number of carbonyl (C=O) groups is 2. The normalized spacial score (nSPS) is 22.9. The van der Waals surface area contributed by atoms with E-state index in [-0.39, 0.29) is 24.1 Å². The second-order valence-corrected chi connectivity index (χ2v) is 10.4. The summed E-state index contributed by atoms with van der Waals surface area (Å²) in [5.41, 5.74) is 0.648. The number of hydrogen-bond acceptors (Lipinski definition) is 5. The van der Waals surface area contributed by atoms with Crippen LogP contribution in [-0.4, -0.2) is 62.6 Å². The van der Waals surface area contributed by atoms with Crippen LogP contribution in [0, 0.1) is 0 Å². The molecule has 3 heterocycles. The monoisotopic (exact) mass is 456 g/mol. The van der Waals surface area contributed by atoms with Crippen molar-refractivity contribution >= 4 is 27.5 Å². The number of nitrogens with one attached hydrogen (secondary N) is 1. The van der Waals surface area contributed by atoms with E-state index < -0.39 is 15.4 Å². The first kappa shape index (κ1) is 22.3. The van der Waals surface area contributed by atoms with Crippen molar-refractivity contribution in [1.82, 2.24) is 15.2 Å². The molecule has 8 nitrogen and oxygen atoms in total. The SMILES string of the molecule is CNC(=O)[C@]1(c2ccccn2)CCCN(C(=O)c2cccc(N3CCCCS3(=O)=O)c2)C1. The molecule has 2 fully saturated rings. The highest BCUT2D eigenvalue weighted by atomic mass is 32.2. The number of hydrogen-bond donors (Lipinski definition) is 1. The molecule has 4 rings (SSSR count). The van der Waals surface area contributed by atoms with Gasteiger partial charge >= 0.3 is 0 Å². The van der Waals surface area contributed by atoms with Crippen molar-refractivity contribution in [2.45, 2.75) is 31.1 Å². The van der Waals surface area contributed by atoms with E-state index in [1.54, 1.807) is 48.5 Å². The third kappa shape index (κ3) is 4.09. The minimum absolute atomic E-state index is 0.121. The van der Waals surface area contributed by atoms with Crippen molar-refractivity contribution in [2.75, 3.05) is 36.7 Å². The number of amides is 2. The van der Waals surface area contributed by atoms with Crippen LogP contribution in [0.15, 0.2) is 48.7 Å². The molecular weight excluding hydrogens is 428 g/mol. The lowest BCUT2D eigenvalue weighted by molar-refractivity contribution is -0.128. The first-order valence-corrected chi connectivity index (χ1v) is 12.5. The number of piperidine rings is 1. The molecule has 0 spiro atoms. The maximum absolute atomic E-state index is 13.4. The first-order valence-electron chi connectivity index (χ1n) is 10.9. The van der Waals surface area contributed by atoms with E-state index in [0.29, 0.717) is 49.3 Å². The fourth-order valence-electron chi connectivity index (χ4n) is 4.68. The van der Waals surface area contributed by atoms with E-state index in [1.165, 1.54) is 4.31 Å². The Morgan fingerprint density at radius 2 is 1.91 bits per heavy atom. The maximum atomic E-state index is 13.4. The van der Waals surface area contributed by atoms with Gasteiger partial charge in [0.25, 0.3) is 5.91 Å². The van der Waals surface area contributed by atoms with Gasteiger partial charge in [-0.3, -0.25) is 18.9 Å². The van der Waals surface area contributed by atoms with Gasteiger partial charge in [0.05, 0.1) is 17.1 Å². The van der Waals surface area contributed by atoms with Crippen molar-refractivity contribution in [3.63, 3.8) is 0 Å². The van der Waals surface area contributed by atoms with Crippen LogP contribution in [0.1, 0.15) is 41.7 Å². The third-order valence-electron chi connectivity index (χ3n) is 6.33. The molecule has 0 radical (unpaired) electrons. The Morgan fingerprint density at radius 1 is 1.06 bits per heavy atom. The molecule has 1 aromatic carbocycles. The molecule has 1 N–H and O–H groups in total. The minimum atomic E-state index is -3.37. The highest BCUT2D eigenvalue weighted by Crippen LogP contribution is 2.34. The molecule has 2 aliphatic heterocycles. The molecule has 170 valence electrons. The van der Waals surface area contributed by atoms with Crippen LogP contribution >= 0.6 is 0 Å². The van der Waals surface area contributed by atoms with Crippen molar-refractivity contribution < 1.29 is 18.0 Å². The molecule has 2 saturated heterocycles. The van der Waals surface area contributed by atoms with Crippen LogP contribution in [-0.2, 0) is 20.2 Å². The summed E-state index contributed by atoms with van der Waals surface area (Å²) in [5, 5.41) is 2.74. The molecule has 0 unspecified atom stereocenters. The topological polar surface area (TPSA) is 99.7 Å². The van der Waals surface area contributed by atoms with Gasteiger partial charge in [0, 0.05) is 38.4 Å². The summed E-state index contributed by atoms with van der Waals surface area (Å²) in [5.74, 6) is -0.261. The van der Waals surface area contributed by atoms with Crippen LogP contribution < -0.4 is 9.62 Å². The molecule has 2 aliphatic rings. The lowest BCUT2D eigenvalue weighted by Gasteiger charge is -2.41. The average molecular weight is 457 g/mol. The predicted molar refractivity (Wildman–Crippen MR) is 122 cm³/mol. The number of benzene rings is 1. The number of rotatable bonds is 4. The van der Waals surface area contributed by atoms with Gasteiger partial charge in [0.1, 0.15) is 5.41 Å². The molecular formula is C23H28N4O4S. The van der Waals surface area contributed by atoms with E-state index in [1.807, 2.05) is 12.1 Å². The average Bonchev–Trinajstić information content (AvgIpc) is 2.83. The summed E-state index contributed by atoms with van der Waals surface area (Å²) in [7, 11) is -1.77. The van der Waals surface area contributed by atoms with Crippen LogP contribution in [0.25, 0.3) is 0 Å². The molecule has 32 heavy (non-hydrogen) atoms. The fourth-order valence-corrected chi connectivity index (χ4v) is 6.31. The Morgan fingerprint density at radius 3 is 2.62 bits per heavy atom. The third-order valence-corrected chi connectivity index (χ3v) is 8.20. The van der Waals surface area contributed by atoms with Gasteiger partial charge in [-0.25, -0.2) is 8.42 Å². The molecule has 0 saturated carbocycles. The zero-order valence-corrected chi connectivity index (χ0v) is 19.0. The van der Waals surface area contributed by atoms with Crippen molar-refractivity contribution in [3.05, 3.63) is 59.9 Å². The summed E-state index contributed by atoms with van der Waals surface area (Å²) < 4.78 is 26.4. The number of likely N-dealkylation sites (tertiary alicyclic amines) is 1. The van der Waals surface area contributed by atoms with Gasteiger partial charge in [0.15, 0.2) is 0 Å². The Balaban J connectivity index is 1.63. The summed E-state index contributed by atoms with van der Waals surface area (Å²) >= 11 is 0. The smallest absolute Gasteiger partial charge is 0.253 e. The zero-order valence-electron chi connectivity index (χ0n) is 18.2. The van der Waals surface area contributed by atoms with E-state index in [2.05, 4.69) is 10.3 Å². The maximum Gasteiger partial charge on any atom is 0.253 e. The van der Waals surface area contributed by atoms with E-state index in [0.717, 1.165) is 6.42 Å². The van der Waals surface area contributed by atoms with Crippen LogP contribution in [0.5, 0.6) is 0 Å². The lowest BCUT2D eigenvalue weighted by Crippen LogP contribution is -2.56. The van der Waals surface area contributed by atoms with Crippen molar-refractivity contribution in [2.24, 2.45) is 0 Å². The van der Waals surface area contributed by atoms with Gasteiger partial charge in [0.2, 0.25) is 15.9 Å². The molecule has 2 amide bonds. The molecule has 0 aliphatic carbocycles. The molecule has 2 aromatic rings. The fraction of sp³-hybridized carbons (Fsp3) is 0.435. The second kappa shape index (κ2) is 8.90. The summed E-state index contributed by atoms with van der Waals surface area (Å²) in [6.07, 6.45) is 4.36. The number of anilines is 1. The van der Waals surface area contributed by atoms with Crippen LogP contribution in [0.3, 0.4) is 0 Å². The van der Waals surface area contributed by atoms with Gasteiger partial charge in [-0.15, -0.1) is 0 Å². The number of aromatic nitrogens is 1. The Bertz CT molecular complexity index is 1110. The first-order chi connectivity index (χ1) is 15.4. The summed E-state index contributed by atoms with van der Waals surface area (Å²) in [6, 6.07) is 12.2. The summed E-state index contributed by atoms with van der Waals surface area (Å²) in [6.45, 7) is 1.16. The number of carbonyl (C=O) groups excluding carboxylic acids is 2. The molecule has 1 atom stereocenters. The second-order valence-electron chi connectivity index (χ2n) is 8.35. The zero-order chi connectivity index (χ0) is 22.8. The van der Waals surface area contributed by atoms with Gasteiger partial charge in [-0.05, 0) is 56.0 Å². The number of sulfonamides is 1. The number of likely N-dealkylation sites (N-methyl/N-ethyl adjacent to an activating group) is 1. The summed E-state index contributed by atoms with van der Waals surface area (Å²) in [4.78, 5) is 32.5. The van der Waals surface area contributed by atoms with Crippen molar-refractivity contribution in [1.29, 1.82) is 0 Å². The largest absolute Gasteiger partial charge is 0.358 e. The van der Waals surface area contributed by atoms with Crippen LogP contribution in [0.2, 0.25) is 0 Å². The van der Waals surface area contributed by atoms with E-state index in [9.17, 15) is 18.0 Å². The van der Waals surface area contributed by atoms with Crippen molar-refractivity contribution in [3.8, 4) is 0 Å². The minimum Gasteiger partial charge on any atom is -0.358 e. The Labute approximate surface area is 188 Å². The molecule has 9 heteroatoms. The van der Waals surface area contributed by atoms with E-state index >= 15 is 0 Å². The van der Waals surface area contributed by atoms with Gasteiger partial charge in [-0.2, -0.15) is 0 Å². The quantitative estimate of drug-likeness (QED) is 0.758. The van der Waals surface area contributed by atoms with Gasteiger partial charge < -0.3 is 10.2 Å². The Hall–Kier alpha value is -2.94. The Kier molecular flexibility index (Phi) is 6.19.